The van der Waals surface area contributed by atoms with Gasteiger partial charge in [0.25, 0.3) is 0 Å². The lowest BCUT2D eigenvalue weighted by atomic mass is 10.1. The Morgan fingerprint density at radius 3 is 2.72 bits per heavy atom. The van der Waals surface area contributed by atoms with Gasteiger partial charge in [0.1, 0.15) is 15.7 Å². The van der Waals surface area contributed by atoms with E-state index in [-0.39, 0.29) is 5.75 Å². The minimum absolute atomic E-state index is 0.112. The van der Waals surface area contributed by atoms with E-state index >= 15 is 0 Å². The number of hydrogen-bond acceptors (Lipinski definition) is 4. The van der Waals surface area contributed by atoms with Gasteiger partial charge in [-0.25, -0.2) is 13.4 Å². The van der Waals surface area contributed by atoms with Gasteiger partial charge < -0.3 is 5.32 Å². The number of hydrogen-bond donors (Lipinski definition) is 1. The number of rotatable bonds is 4. The number of aromatic nitrogens is 1. The van der Waals surface area contributed by atoms with Crippen LogP contribution in [0.25, 0.3) is 10.9 Å². The van der Waals surface area contributed by atoms with Crippen LogP contribution in [-0.2, 0) is 9.84 Å². The predicted molar refractivity (Wildman–Crippen MR) is 74.7 cm³/mol. The number of anilines is 1. The van der Waals surface area contributed by atoms with E-state index in [4.69, 9.17) is 0 Å². The molecule has 0 fully saturated rings. The highest BCUT2D eigenvalue weighted by atomic mass is 32.2. The molecule has 1 aromatic heterocycles. The van der Waals surface area contributed by atoms with Crippen LogP contribution in [-0.4, -0.2) is 32.0 Å². The summed E-state index contributed by atoms with van der Waals surface area (Å²) in [6, 6.07) is 9.91. The molecular weight excluding hydrogens is 248 g/mol. The lowest BCUT2D eigenvalue weighted by Crippen LogP contribution is -2.15. The van der Waals surface area contributed by atoms with Crippen molar-refractivity contribution in [1.29, 1.82) is 0 Å². The summed E-state index contributed by atoms with van der Waals surface area (Å²) < 4.78 is 22.1. The molecule has 0 saturated carbocycles. The highest BCUT2D eigenvalue weighted by molar-refractivity contribution is 7.90. The summed E-state index contributed by atoms with van der Waals surface area (Å²) in [5, 5.41) is 4.16. The average Bonchev–Trinajstić information content (AvgIpc) is 2.28. The van der Waals surface area contributed by atoms with E-state index in [0.717, 1.165) is 22.3 Å². The van der Waals surface area contributed by atoms with Gasteiger partial charge in [0.05, 0.1) is 11.3 Å². The zero-order chi connectivity index (χ0) is 13.2. The van der Waals surface area contributed by atoms with Crippen molar-refractivity contribution >= 4 is 26.6 Å². The van der Waals surface area contributed by atoms with Crippen molar-refractivity contribution in [3.8, 4) is 0 Å². The second-order valence-corrected chi connectivity index (χ2v) is 6.66. The molecule has 5 heteroatoms. The van der Waals surface area contributed by atoms with E-state index in [1.54, 1.807) is 0 Å². The molecule has 2 rings (SSSR count). The van der Waals surface area contributed by atoms with Crippen LogP contribution in [0, 0.1) is 6.92 Å². The Balaban J connectivity index is 2.20. The van der Waals surface area contributed by atoms with Gasteiger partial charge in [0, 0.05) is 18.2 Å². The Kier molecular flexibility index (Phi) is 3.52. The highest BCUT2D eigenvalue weighted by Gasteiger charge is 2.05. The standard InChI is InChI=1S/C13H16N2O2S/c1-10-9-11-5-3-4-6-12(11)15-13(10)14-7-8-18(2,16)17/h3-6,9H,7-8H2,1-2H3,(H,14,15). The third kappa shape index (κ3) is 3.20. The van der Waals surface area contributed by atoms with Crippen molar-refractivity contribution < 1.29 is 8.42 Å². The molecule has 0 spiro atoms. The Labute approximate surface area is 107 Å². The van der Waals surface area contributed by atoms with Crippen LogP contribution in [0.15, 0.2) is 30.3 Å². The SMILES string of the molecule is Cc1cc2ccccc2nc1NCCS(C)(=O)=O. The summed E-state index contributed by atoms with van der Waals surface area (Å²) in [5.74, 6) is 0.860. The summed E-state index contributed by atoms with van der Waals surface area (Å²) >= 11 is 0. The van der Waals surface area contributed by atoms with Crippen molar-refractivity contribution in [3.63, 3.8) is 0 Å². The fourth-order valence-electron chi connectivity index (χ4n) is 1.76. The maximum atomic E-state index is 11.1. The Bertz CT molecular complexity index is 666. The van der Waals surface area contributed by atoms with E-state index in [2.05, 4.69) is 10.3 Å². The van der Waals surface area contributed by atoms with Crippen molar-refractivity contribution in [3.05, 3.63) is 35.9 Å². The lowest BCUT2D eigenvalue weighted by molar-refractivity contribution is 0.602. The zero-order valence-electron chi connectivity index (χ0n) is 10.5. The van der Waals surface area contributed by atoms with E-state index in [1.165, 1.54) is 6.26 Å². The van der Waals surface area contributed by atoms with Crippen molar-refractivity contribution in [1.82, 2.24) is 4.98 Å². The molecule has 0 aliphatic rings. The number of sulfone groups is 1. The molecule has 1 heterocycles. The smallest absolute Gasteiger partial charge is 0.149 e. The third-order valence-electron chi connectivity index (χ3n) is 2.68. The van der Waals surface area contributed by atoms with E-state index in [1.807, 2.05) is 37.3 Å². The molecule has 2 aromatic rings. The van der Waals surface area contributed by atoms with E-state index in [9.17, 15) is 8.42 Å². The first-order chi connectivity index (χ1) is 8.46. The second kappa shape index (κ2) is 4.94. The quantitative estimate of drug-likeness (QED) is 0.917. The summed E-state index contributed by atoms with van der Waals surface area (Å²) in [6.07, 6.45) is 1.23. The van der Waals surface area contributed by atoms with Crippen molar-refractivity contribution in [2.45, 2.75) is 6.92 Å². The van der Waals surface area contributed by atoms with Crippen LogP contribution in [0.5, 0.6) is 0 Å². The molecule has 4 nitrogen and oxygen atoms in total. The molecule has 0 bridgehead atoms. The third-order valence-corrected chi connectivity index (χ3v) is 3.63. The molecule has 0 atom stereocenters. The van der Waals surface area contributed by atoms with Gasteiger partial charge in [-0.1, -0.05) is 18.2 Å². The first-order valence-corrected chi connectivity index (χ1v) is 7.80. The Morgan fingerprint density at radius 2 is 2.00 bits per heavy atom. The monoisotopic (exact) mass is 264 g/mol. The normalized spacial score (nSPS) is 11.7. The minimum atomic E-state index is -2.94. The van der Waals surface area contributed by atoms with Crippen LogP contribution < -0.4 is 5.32 Å². The van der Waals surface area contributed by atoms with E-state index < -0.39 is 9.84 Å². The first kappa shape index (κ1) is 12.8. The van der Waals surface area contributed by atoms with E-state index in [0.29, 0.717) is 6.54 Å². The number of nitrogens with zero attached hydrogens (tertiary/aromatic N) is 1. The number of aryl methyl sites for hydroxylation is 1. The lowest BCUT2D eigenvalue weighted by Gasteiger charge is -2.09. The topological polar surface area (TPSA) is 59.1 Å². The molecule has 1 N–H and O–H groups in total. The Hall–Kier alpha value is -1.62. The molecule has 18 heavy (non-hydrogen) atoms. The van der Waals surface area contributed by atoms with Gasteiger partial charge in [-0.3, -0.25) is 0 Å². The summed E-state index contributed by atoms with van der Waals surface area (Å²) in [4.78, 5) is 4.49. The zero-order valence-corrected chi connectivity index (χ0v) is 11.3. The first-order valence-electron chi connectivity index (χ1n) is 5.74. The maximum Gasteiger partial charge on any atom is 0.149 e. The molecule has 0 unspecified atom stereocenters. The number of nitrogens with one attached hydrogen (secondary N) is 1. The molecule has 96 valence electrons. The van der Waals surface area contributed by atoms with Crippen LogP contribution in [0.3, 0.4) is 0 Å². The largest absolute Gasteiger partial charge is 0.369 e. The molecule has 0 saturated heterocycles. The molecule has 0 amide bonds. The Morgan fingerprint density at radius 1 is 1.28 bits per heavy atom. The second-order valence-electron chi connectivity index (χ2n) is 4.40. The van der Waals surface area contributed by atoms with Crippen LogP contribution in [0.1, 0.15) is 5.56 Å². The van der Waals surface area contributed by atoms with Gasteiger partial charge in [-0.05, 0) is 24.6 Å². The molecule has 0 aliphatic carbocycles. The van der Waals surface area contributed by atoms with Crippen LogP contribution in [0.2, 0.25) is 0 Å². The summed E-state index contributed by atoms with van der Waals surface area (Å²) in [7, 11) is -2.94. The highest BCUT2D eigenvalue weighted by Crippen LogP contribution is 2.19. The van der Waals surface area contributed by atoms with Gasteiger partial charge in [0.2, 0.25) is 0 Å². The minimum Gasteiger partial charge on any atom is -0.369 e. The van der Waals surface area contributed by atoms with Crippen LogP contribution in [0.4, 0.5) is 5.82 Å². The number of pyridine rings is 1. The summed E-state index contributed by atoms with van der Waals surface area (Å²) in [6.45, 7) is 2.34. The van der Waals surface area contributed by atoms with Crippen molar-refractivity contribution in [2.24, 2.45) is 0 Å². The van der Waals surface area contributed by atoms with Gasteiger partial charge in [-0.2, -0.15) is 0 Å². The predicted octanol–water partition coefficient (Wildman–Crippen LogP) is 2.00. The molecular formula is C13H16N2O2S. The van der Waals surface area contributed by atoms with Gasteiger partial charge in [-0.15, -0.1) is 0 Å². The fraction of sp³-hybridized carbons (Fsp3) is 0.308. The van der Waals surface area contributed by atoms with Gasteiger partial charge >= 0.3 is 0 Å². The van der Waals surface area contributed by atoms with Crippen molar-refractivity contribution in [2.75, 3.05) is 23.9 Å². The molecule has 0 radical (unpaired) electrons. The molecule has 0 aliphatic heterocycles. The molecule has 1 aromatic carbocycles. The average molecular weight is 264 g/mol. The summed E-state index contributed by atoms with van der Waals surface area (Å²) in [5.41, 5.74) is 1.92. The number of fused-ring (bicyclic) bond motifs is 1. The maximum absolute atomic E-state index is 11.1. The van der Waals surface area contributed by atoms with Crippen LogP contribution >= 0.6 is 0 Å². The van der Waals surface area contributed by atoms with Gasteiger partial charge in [0.15, 0.2) is 0 Å². The fourth-order valence-corrected chi connectivity index (χ4v) is 2.23. The number of benzene rings is 1. The number of para-hydroxylation sites is 1.